The molecule has 7 heteroatoms. The third kappa shape index (κ3) is 2.89. The predicted molar refractivity (Wildman–Crippen MR) is 86.8 cm³/mol. The van der Waals surface area contributed by atoms with Crippen molar-refractivity contribution in [2.24, 2.45) is 7.05 Å². The van der Waals surface area contributed by atoms with Gasteiger partial charge in [-0.05, 0) is 12.1 Å². The van der Waals surface area contributed by atoms with Crippen molar-refractivity contribution in [3.8, 4) is 11.5 Å². The Balaban J connectivity index is 1.92. The van der Waals surface area contributed by atoms with Gasteiger partial charge in [0.2, 0.25) is 0 Å². The first-order chi connectivity index (χ1) is 11.0. The van der Waals surface area contributed by atoms with E-state index in [0.717, 1.165) is 22.7 Å². The minimum absolute atomic E-state index is 0.501. The van der Waals surface area contributed by atoms with Crippen LogP contribution < -0.4 is 9.47 Å². The summed E-state index contributed by atoms with van der Waals surface area (Å²) in [6.45, 7) is 1.75. The van der Waals surface area contributed by atoms with Crippen LogP contribution in [0, 0.1) is 0 Å². The average Bonchev–Trinajstić information content (AvgIpc) is 2.86. The molecule has 1 aliphatic heterocycles. The van der Waals surface area contributed by atoms with Crippen molar-refractivity contribution in [1.82, 2.24) is 14.5 Å². The zero-order chi connectivity index (χ0) is 16.6. The van der Waals surface area contributed by atoms with Gasteiger partial charge in [-0.25, -0.2) is 4.98 Å². The molecule has 1 N–H and O–H groups in total. The summed E-state index contributed by atoms with van der Waals surface area (Å²) in [7, 11) is 5.12. The average molecular weight is 338 g/mol. The molecule has 2 heterocycles. The lowest BCUT2D eigenvalue weighted by atomic mass is 9.95. The Morgan fingerprint density at radius 1 is 1.30 bits per heavy atom. The summed E-state index contributed by atoms with van der Waals surface area (Å²) in [5.41, 5.74) is 1.76. The first-order valence-electron chi connectivity index (χ1n) is 7.35. The molecule has 0 aliphatic carbocycles. The van der Waals surface area contributed by atoms with E-state index >= 15 is 0 Å². The van der Waals surface area contributed by atoms with Gasteiger partial charge in [-0.2, -0.15) is 0 Å². The normalized spacial score (nSPS) is 17.9. The molecule has 0 radical (unpaired) electrons. The number of methoxy groups -OCH3 is 2. The third-order valence-electron chi connectivity index (χ3n) is 4.25. The van der Waals surface area contributed by atoms with Crippen LogP contribution >= 0.6 is 11.6 Å². The van der Waals surface area contributed by atoms with Crippen LogP contribution in [0.4, 0.5) is 0 Å². The summed E-state index contributed by atoms with van der Waals surface area (Å²) in [4.78, 5) is 6.44. The van der Waals surface area contributed by atoms with Crippen molar-refractivity contribution in [3.63, 3.8) is 0 Å². The molecule has 0 bridgehead atoms. The monoisotopic (exact) mass is 337 g/mol. The molecule has 1 atom stereocenters. The second kappa shape index (κ2) is 6.39. The molecular formula is C16H20ClN3O3. The molecule has 0 unspecified atom stereocenters. The Morgan fingerprint density at radius 3 is 2.61 bits per heavy atom. The molecule has 1 aliphatic rings. The molecule has 0 spiro atoms. The number of rotatable bonds is 4. The second-order valence-corrected chi connectivity index (χ2v) is 5.99. The fourth-order valence-corrected chi connectivity index (χ4v) is 3.18. The highest BCUT2D eigenvalue weighted by atomic mass is 35.5. The number of hydrogen-bond donors (Lipinski definition) is 1. The van der Waals surface area contributed by atoms with Crippen LogP contribution in [0.3, 0.4) is 0 Å². The molecular weight excluding hydrogens is 318 g/mol. The maximum Gasteiger partial charge on any atom is 0.128 e. The topological polar surface area (TPSA) is 59.8 Å². The summed E-state index contributed by atoms with van der Waals surface area (Å²) in [6, 6.07) is 3.70. The molecule has 0 saturated carbocycles. The summed E-state index contributed by atoms with van der Waals surface area (Å²) in [5.74, 6) is 2.29. The number of β-amino-alcohol motifs (C(OH)–C–C–N with tert-alkyl or cyclic N) is 1. The van der Waals surface area contributed by atoms with Crippen LogP contribution in [0.15, 0.2) is 18.3 Å². The second-order valence-electron chi connectivity index (χ2n) is 5.60. The minimum atomic E-state index is -0.639. The minimum Gasteiger partial charge on any atom is -0.496 e. The van der Waals surface area contributed by atoms with Crippen molar-refractivity contribution in [2.75, 3.05) is 20.8 Å². The van der Waals surface area contributed by atoms with Crippen molar-refractivity contribution in [3.05, 3.63) is 40.4 Å². The van der Waals surface area contributed by atoms with E-state index in [4.69, 9.17) is 21.1 Å². The Kier molecular flexibility index (Phi) is 4.48. The van der Waals surface area contributed by atoms with Crippen LogP contribution in [0.2, 0.25) is 5.15 Å². The molecule has 124 valence electrons. The highest BCUT2D eigenvalue weighted by Crippen LogP contribution is 2.39. The lowest BCUT2D eigenvalue weighted by Gasteiger charge is -2.33. The molecule has 1 aromatic heterocycles. The van der Waals surface area contributed by atoms with Gasteiger partial charge in [0.15, 0.2) is 0 Å². The SMILES string of the molecule is COc1ccc(OC)c2c1CN(Cc1ncc(Cl)n1C)C[C@@H]2O. The van der Waals surface area contributed by atoms with Crippen molar-refractivity contribution in [1.29, 1.82) is 0 Å². The van der Waals surface area contributed by atoms with Gasteiger partial charge in [0.25, 0.3) is 0 Å². The zero-order valence-corrected chi connectivity index (χ0v) is 14.2. The van der Waals surface area contributed by atoms with E-state index in [0.29, 0.717) is 30.5 Å². The highest BCUT2D eigenvalue weighted by molar-refractivity contribution is 6.29. The number of hydrogen-bond acceptors (Lipinski definition) is 5. The van der Waals surface area contributed by atoms with Crippen LogP contribution in [0.1, 0.15) is 23.1 Å². The Labute approximate surface area is 140 Å². The van der Waals surface area contributed by atoms with Crippen molar-refractivity contribution >= 4 is 11.6 Å². The molecule has 2 aromatic rings. The maximum atomic E-state index is 10.6. The number of aliphatic hydroxyl groups is 1. The number of halogens is 1. The Bertz CT molecular complexity index is 717. The molecule has 6 nitrogen and oxygen atoms in total. The molecule has 3 rings (SSSR count). The van der Waals surface area contributed by atoms with Crippen molar-refractivity contribution < 1.29 is 14.6 Å². The van der Waals surface area contributed by atoms with E-state index < -0.39 is 6.10 Å². The van der Waals surface area contributed by atoms with Gasteiger partial charge in [0.05, 0.1) is 33.1 Å². The standard InChI is InChI=1S/C16H20ClN3O3/c1-19-14(17)6-18-15(19)9-20-7-10-12(22-2)4-5-13(23-3)16(10)11(21)8-20/h4-6,11,21H,7-9H2,1-3H3/t11-/m0/s1. The lowest BCUT2D eigenvalue weighted by molar-refractivity contribution is 0.0823. The number of ether oxygens (including phenoxy) is 2. The fourth-order valence-electron chi connectivity index (χ4n) is 3.04. The smallest absolute Gasteiger partial charge is 0.128 e. The Morgan fingerprint density at radius 2 is 2.00 bits per heavy atom. The van der Waals surface area contributed by atoms with Gasteiger partial charge in [0, 0.05) is 31.3 Å². The largest absolute Gasteiger partial charge is 0.496 e. The first kappa shape index (κ1) is 16.1. The molecule has 0 saturated heterocycles. The van der Waals surface area contributed by atoms with Gasteiger partial charge >= 0.3 is 0 Å². The van der Waals surface area contributed by atoms with E-state index in [2.05, 4.69) is 9.88 Å². The predicted octanol–water partition coefficient (Wildman–Crippen LogP) is 2.14. The molecule has 1 aromatic carbocycles. The van der Waals surface area contributed by atoms with E-state index in [1.807, 2.05) is 23.7 Å². The van der Waals surface area contributed by atoms with Crippen molar-refractivity contribution in [2.45, 2.75) is 19.2 Å². The number of fused-ring (bicyclic) bond motifs is 1. The van der Waals surface area contributed by atoms with E-state index in [1.165, 1.54) is 0 Å². The van der Waals surface area contributed by atoms with Crippen LogP contribution in [0.5, 0.6) is 11.5 Å². The molecule has 0 amide bonds. The lowest BCUT2D eigenvalue weighted by Crippen LogP contribution is -2.34. The summed E-state index contributed by atoms with van der Waals surface area (Å²) >= 11 is 6.04. The van der Waals surface area contributed by atoms with Gasteiger partial charge in [-0.1, -0.05) is 11.6 Å². The van der Waals surface area contributed by atoms with E-state index in [-0.39, 0.29) is 0 Å². The summed E-state index contributed by atoms with van der Waals surface area (Å²) in [5, 5.41) is 11.2. The highest BCUT2D eigenvalue weighted by Gasteiger charge is 2.30. The van der Waals surface area contributed by atoms with Gasteiger partial charge in [-0.15, -0.1) is 0 Å². The molecule has 0 fully saturated rings. The van der Waals surface area contributed by atoms with Crippen LogP contribution in [-0.4, -0.2) is 40.3 Å². The van der Waals surface area contributed by atoms with E-state index in [1.54, 1.807) is 20.4 Å². The van der Waals surface area contributed by atoms with Gasteiger partial charge in [0.1, 0.15) is 22.5 Å². The first-order valence-corrected chi connectivity index (χ1v) is 7.73. The number of imidazole rings is 1. The van der Waals surface area contributed by atoms with Gasteiger partial charge < -0.3 is 19.1 Å². The zero-order valence-electron chi connectivity index (χ0n) is 13.4. The Hall–Kier alpha value is -1.76. The summed E-state index contributed by atoms with van der Waals surface area (Å²) < 4.78 is 12.7. The van der Waals surface area contributed by atoms with Crippen LogP contribution in [-0.2, 0) is 20.1 Å². The molecule has 23 heavy (non-hydrogen) atoms. The number of aromatic nitrogens is 2. The fraction of sp³-hybridized carbons (Fsp3) is 0.438. The summed E-state index contributed by atoms with van der Waals surface area (Å²) in [6.07, 6.45) is 0.994. The quantitative estimate of drug-likeness (QED) is 0.926. The number of benzene rings is 1. The van der Waals surface area contributed by atoms with E-state index in [9.17, 15) is 5.11 Å². The number of aliphatic hydroxyl groups excluding tert-OH is 1. The third-order valence-corrected chi connectivity index (χ3v) is 4.60. The number of nitrogens with zero attached hydrogens (tertiary/aromatic N) is 3. The van der Waals surface area contributed by atoms with Crippen LogP contribution in [0.25, 0.3) is 0 Å². The van der Waals surface area contributed by atoms with Gasteiger partial charge in [-0.3, -0.25) is 4.90 Å². The maximum absolute atomic E-state index is 10.6.